The van der Waals surface area contributed by atoms with Gasteiger partial charge < -0.3 is 14.8 Å². The van der Waals surface area contributed by atoms with E-state index in [2.05, 4.69) is 24.4 Å². The molecule has 3 nitrogen and oxygen atoms in total. The summed E-state index contributed by atoms with van der Waals surface area (Å²) in [6.45, 7) is 5.70. The number of ether oxygens (including phenoxy) is 2. The van der Waals surface area contributed by atoms with Crippen LogP contribution in [0.4, 0.5) is 0 Å². The second kappa shape index (κ2) is 4.81. The highest BCUT2D eigenvalue weighted by Crippen LogP contribution is 2.39. The molecule has 0 amide bonds. The lowest BCUT2D eigenvalue weighted by Crippen LogP contribution is -2.36. The summed E-state index contributed by atoms with van der Waals surface area (Å²) in [6, 6.07) is 6.21. The van der Waals surface area contributed by atoms with Crippen LogP contribution in [0.2, 0.25) is 0 Å². The Bertz CT molecular complexity index is 427. The molecule has 1 aliphatic carbocycles. The van der Waals surface area contributed by atoms with E-state index in [1.807, 2.05) is 6.07 Å². The molecule has 0 bridgehead atoms. The first-order chi connectivity index (χ1) is 8.75. The lowest BCUT2D eigenvalue weighted by Gasteiger charge is -2.38. The number of nitrogens with one attached hydrogen (secondary N) is 1. The summed E-state index contributed by atoms with van der Waals surface area (Å²) in [7, 11) is 0. The standard InChI is InChI=1S/C15H21NO2/c1-15(5-2-6-15)11-16-10-12-3-4-13-14(9-12)18-8-7-17-13/h3-4,9,16H,2,5-8,10-11H2,1H3. The van der Waals surface area contributed by atoms with Crippen molar-refractivity contribution in [2.24, 2.45) is 5.41 Å². The summed E-state index contributed by atoms with van der Waals surface area (Å²) in [4.78, 5) is 0. The smallest absolute Gasteiger partial charge is 0.161 e. The van der Waals surface area contributed by atoms with E-state index in [4.69, 9.17) is 9.47 Å². The number of rotatable bonds is 4. The molecule has 1 fully saturated rings. The van der Waals surface area contributed by atoms with Gasteiger partial charge in [0, 0.05) is 13.1 Å². The third kappa shape index (κ3) is 2.46. The van der Waals surface area contributed by atoms with Crippen molar-refractivity contribution in [1.82, 2.24) is 5.32 Å². The second-order valence-corrected chi connectivity index (χ2v) is 5.75. The quantitative estimate of drug-likeness (QED) is 0.887. The summed E-state index contributed by atoms with van der Waals surface area (Å²) < 4.78 is 11.1. The maximum Gasteiger partial charge on any atom is 0.161 e. The van der Waals surface area contributed by atoms with Crippen LogP contribution < -0.4 is 14.8 Å². The summed E-state index contributed by atoms with van der Waals surface area (Å²) in [5.41, 5.74) is 1.80. The molecule has 1 N–H and O–H groups in total. The van der Waals surface area contributed by atoms with Crippen molar-refractivity contribution < 1.29 is 9.47 Å². The summed E-state index contributed by atoms with van der Waals surface area (Å²) >= 11 is 0. The molecule has 1 heterocycles. The number of hydrogen-bond donors (Lipinski definition) is 1. The fourth-order valence-corrected chi connectivity index (χ4v) is 2.66. The van der Waals surface area contributed by atoms with Crippen LogP contribution in [0, 0.1) is 5.41 Å². The van der Waals surface area contributed by atoms with Gasteiger partial charge in [0.15, 0.2) is 11.5 Å². The van der Waals surface area contributed by atoms with Gasteiger partial charge in [0.2, 0.25) is 0 Å². The molecule has 98 valence electrons. The highest BCUT2D eigenvalue weighted by atomic mass is 16.6. The molecular formula is C15H21NO2. The van der Waals surface area contributed by atoms with Crippen molar-refractivity contribution in [3.05, 3.63) is 23.8 Å². The molecule has 2 aliphatic rings. The molecule has 1 saturated carbocycles. The van der Waals surface area contributed by atoms with Crippen LogP contribution in [0.25, 0.3) is 0 Å². The first-order valence-electron chi connectivity index (χ1n) is 6.84. The molecule has 0 spiro atoms. The van der Waals surface area contributed by atoms with E-state index in [1.54, 1.807) is 0 Å². The molecule has 1 aliphatic heterocycles. The molecule has 0 unspecified atom stereocenters. The maximum atomic E-state index is 5.59. The van der Waals surface area contributed by atoms with Crippen LogP contribution in [0.1, 0.15) is 31.7 Å². The highest BCUT2D eigenvalue weighted by molar-refractivity contribution is 5.43. The molecule has 0 aromatic heterocycles. The van der Waals surface area contributed by atoms with E-state index in [0.717, 1.165) is 24.6 Å². The Labute approximate surface area is 108 Å². The average Bonchev–Trinajstić information content (AvgIpc) is 2.37. The second-order valence-electron chi connectivity index (χ2n) is 5.75. The van der Waals surface area contributed by atoms with Crippen LogP contribution in [-0.2, 0) is 6.54 Å². The third-order valence-corrected chi connectivity index (χ3v) is 4.05. The van der Waals surface area contributed by atoms with Crippen LogP contribution in [-0.4, -0.2) is 19.8 Å². The van der Waals surface area contributed by atoms with E-state index in [1.165, 1.54) is 24.8 Å². The average molecular weight is 247 g/mol. The van der Waals surface area contributed by atoms with Gasteiger partial charge in [-0.3, -0.25) is 0 Å². The van der Waals surface area contributed by atoms with Gasteiger partial charge >= 0.3 is 0 Å². The van der Waals surface area contributed by atoms with Gasteiger partial charge in [0.25, 0.3) is 0 Å². The zero-order valence-corrected chi connectivity index (χ0v) is 11.0. The van der Waals surface area contributed by atoms with Crippen molar-refractivity contribution in [2.45, 2.75) is 32.7 Å². The Kier molecular flexibility index (Phi) is 3.16. The third-order valence-electron chi connectivity index (χ3n) is 4.05. The molecular weight excluding hydrogens is 226 g/mol. The van der Waals surface area contributed by atoms with Gasteiger partial charge in [-0.25, -0.2) is 0 Å². The first-order valence-corrected chi connectivity index (χ1v) is 6.84. The minimum absolute atomic E-state index is 0.536. The zero-order valence-electron chi connectivity index (χ0n) is 11.0. The predicted molar refractivity (Wildman–Crippen MR) is 71.1 cm³/mol. The van der Waals surface area contributed by atoms with Crippen LogP contribution in [0.5, 0.6) is 11.5 Å². The van der Waals surface area contributed by atoms with Crippen LogP contribution in [0.3, 0.4) is 0 Å². The SMILES string of the molecule is CC1(CNCc2ccc3c(c2)OCCO3)CCC1. The van der Waals surface area contributed by atoms with E-state index in [9.17, 15) is 0 Å². The van der Waals surface area contributed by atoms with Crippen molar-refractivity contribution in [2.75, 3.05) is 19.8 Å². The van der Waals surface area contributed by atoms with E-state index >= 15 is 0 Å². The molecule has 1 aromatic carbocycles. The normalized spacial score (nSPS) is 20.3. The minimum Gasteiger partial charge on any atom is -0.486 e. The molecule has 0 saturated heterocycles. The Morgan fingerprint density at radius 3 is 2.67 bits per heavy atom. The molecule has 1 aromatic rings. The van der Waals surface area contributed by atoms with Crippen LogP contribution in [0.15, 0.2) is 18.2 Å². The number of hydrogen-bond acceptors (Lipinski definition) is 3. The lowest BCUT2D eigenvalue weighted by molar-refractivity contribution is 0.156. The lowest BCUT2D eigenvalue weighted by atomic mass is 9.70. The zero-order chi connectivity index (χ0) is 12.4. The van der Waals surface area contributed by atoms with Crippen LogP contribution >= 0.6 is 0 Å². The minimum atomic E-state index is 0.536. The van der Waals surface area contributed by atoms with Gasteiger partial charge in [0.05, 0.1) is 0 Å². The van der Waals surface area contributed by atoms with E-state index in [-0.39, 0.29) is 0 Å². The van der Waals surface area contributed by atoms with Gasteiger partial charge in [-0.2, -0.15) is 0 Å². The van der Waals surface area contributed by atoms with Gasteiger partial charge in [-0.1, -0.05) is 19.4 Å². The van der Waals surface area contributed by atoms with E-state index < -0.39 is 0 Å². The van der Waals surface area contributed by atoms with E-state index in [0.29, 0.717) is 18.6 Å². The van der Waals surface area contributed by atoms with Crippen molar-refractivity contribution in [1.29, 1.82) is 0 Å². The van der Waals surface area contributed by atoms with Crippen molar-refractivity contribution in [3.8, 4) is 11.5 Å². The van der Waals surface area contributed by atoms with Crippen molar-refractivity contribution in [3.63, 3.8) is 0 Å². The van der Waals surface area contributed by atoms with Gasteiger partial charge in [0.1, 0.15) is 13.2 Å². The molecule has 18 heavy (non-hydrogen) atoms. The molecule has 0 radical (unpaired) electrons. The largest absolute Gasteiger partial charge is 0.486 e. The summed E-state index contributed by atoms with van der Waals surface area (Å²) in [6.07, 6.45) is 4.12. The number of benzene rings is 1. The fraction of sp³-hybridized carbons (Fsp3) is 0.600. The molecule has 3 rings (SSSR count). The Balaban J connectivity index is 1.56. The predicted octanol–water partition coefficient (Wildman–Crippen LogP) is 2.74. The molecule has 3 heteroatoms. The monoisotopic (exact) mass is 247 g/mol. The topological polar surface area (TPSA) is 30.5 Å². The summed E-state index contributed by atoms with van der Waals surface area (Å²) in [5, 5.41) is 3.55. The highest BCUT2D eigenvalue weighted by Gasteiger charge is 2.30. The number of fused-ring (bicyclic) bond motifs is 1. The maximum absolute atomic E-state index is 5.59. The Morgan fingerprint density at radius 2 is 1.94 bits per heavy atom. The molecule has 0 atom stereocenters. The summed E-state index contributed by atoms with van der Waals surface area (Å²) in [5.74, 6) is 1.76. The van der Waals surface area contributed by atoms with Crippen molar-refractivity contribution >= 4 is 0 Å². The first kappa shape index (κ1) is 11.8. The Morgan fingerprint density at radius 1 is 1.17 bits per heavy atom. The Hall–Kier alpha value is -1.22. The van der Waals surface area contributed by atoms with Gasteiger partial charge in [-0.15, -0.1) is 0 Å². The fourth-order valence-electron chi connectivity index (χ4n) is 2.66. The van der Waals surface area contributed by atoms with Gasteiger partial charge in [-0.05, 0) is 36.0 Å².